The third-order valence-electron chi connectivity index (χ3n) is 3.97. The van der Waals surface area contributed by atoms with Crippen molar-refractivity contribution in [3.8, 4) is 11.8 Å². The molecule has 3 rings (SSSR count). The van der Waals surface area contributed by atoms with Gasteiger partial charge in [-0.3, -0.25) is 4.79 Å². The molecule has 31 heavy (non-hydrogen) atoms. The molecule has 0 saturated carbocycles. The molecule has 0 aliphatic heterocycles. The van der Waals surface area contributed by atoms with Crippen molar-refractivity contribution in [1.29, 1.82) is 5.26 Å². The van der Waals surface area contributed by atoms with E-state index in [9.17, 15) is 18.5 Å². The van der Waals surface area contributed by atoms with Crippen molar-refractivity contribution in [3.63, 3.8) is 0 Å². The van der Waals surface area contributed by atoms with E-state index < -0.39 is 16.0 Å². The van der Waals surface area contributed by atoms with Gasteiger partial charge in [-0.05, 0) is 60.7 Å². The molecule has 0 atom stereocenters. The highest BCUT2D eigenvalue weighted by molar-refractivity contribution is 9.10. The summed E-state index contributed by atoms with van der Waals surface area (Å²) in [6.45, 7) is 0. The second-order valence-corrected chi connectivity index (χ2v) is 9.06. The van der Waals surface area contributed by atoms with Gasteiger partial charge in [-0.15, -0.1) is 0 Å². The number of halogens is 2. The zero-order chi connectivity index (χ0) is 22.4. The van der Waals surface area contributed by atoms with E-state index in [2.05, 4.69) is 21.2 Å². The average Bonchev–Trinajstić information content (AvgIpc) is 2.75. The van der Waals surface area contributed by atoms with Gasteiger partial charge >= 0.3 is 10.1 Å². The molecule has 0 radical (unpaired) electrons. The minimum absolute atomic E-state index is 0.0196. The van der Waals surface area contributed by atoms with E-state index >= 15 is 0 Å². The van der Waals surface area contributed by atoms with Crippen LogP contribution in [0, 0.1) is 11.3 Å². The van der Waals surface area contributed by atoms with E-state index in [4.69, 9.17) is 15.8 Å². The summed E-state index contributed by atoms with van der Waals surface area (Å²) in [5.41, 5.74) is 0.444. The number of rotatable bonds is 6. The second-order valence-electron chi connectivity index (χ2n) is 6.16. The third kappa shape index (κ3) is 5.95. The van der Waals surface area contributed by atoms with E-state index in [-0.39, 0.29) is 21.8 Å². The Hall–Kier alpha value is -3.12. The molecule has 156 valence electrons. The molecular weight excluding hydrogens is 504 g/mol. The van der Waals surface area contributed by atoms with Crippen LogP contribution >= 0.6 is 27.5 Å². The van der Waals surface area contributed by atoms with Gasteiger partial charge < -0.3 is 9.50 Å². The van der Waals surface area contributed by atoms with E-state index in [1.807, 2.05) is 6.07 Å². The molecule has 0 unspecified atom stereocenters. The van der Waals surface area contributed by atoms with Gasteiger partial charge in [0, 0.05) is 20.7 Å². The number of nitriles is 1. The molecular formula is C22H14BrClN2O4S. The largest absolute Gasteiger partial charge is 0.378 e. The van der Waals surface area contributed by atoms with Crippen molar-refractivity contribution < 1.29 is 17.4 Å². The van der Waals surface area contributed by atoms with E-state index in [0.29, 0.717) is 15.2 Å². The minimum atomic E-state index is -4.10. The van der Waals surface area contributed by atoms with Gasteiger partial charge in [-0.25, -0.2) is 0 Å². The number of hydrogen-bond acceptors (Lipinski definition) is 5. The van der Waals surface area contributed by atoms with Crippen molar-refractivity contribution in [3.05, 3.63) is 93.4 Å². The second kappa shape index (κ2) is 9.79. The van der Waals surface area contributed by atoms with Crippen molar-refractivity contribution in [2.75, 3.05) is 5.32 Å². The molecule has 6 nitrogen and oxygen atoms in total. The summed E-state index contributed by atoms with van der Waals surface area (Å²) in [5.74, 6) is -0.694. The van der Waals surface area contributed by atoms with Gasteiger partial charge in [-0.1, -0.05) is 45.7 Å². The van der Waals surface area contributed by atoms with Crippen molar-refractivity contribution in [1.82, 2.24) is 0 Å². The van der Waals surface area contributed by atoms with E-state index in [1.54, 1.807) is 54.6 Å². The zero-order valence-corrected chi connectivity index (χ0v) is 18.9. The Morgan fingerprint density at radius 1 is 1.06 bits per heavy atom. The van der Waals surface area contributed by atoms with Crippen LogP contribution in [0.5, 0.6) is 5.75 Å². The maximum absolute atomic E-state index is 12.6. The molecule has 0 aliphatic carbocycles. The lowest BCUT2D eigenvalue weighted by Crippen LogP contribution is -2.14. The standard InChI is InChI=1S/C22H14BrClN2O4S/c23-17-6-11-21(30-31(28,29)20-4-2-1-3-5-20)15(13-17)12-16(14-25)22(27)26-19-9-7-18(24)8-10-19/h1-13H,(H,26,27)/b16-12+. The molecule has 0 fully saturated rings. The number of nitrogens with zero attached hydrogens (tertiary/aromatic N) is 1. The maximum atomic E-state index is 12.6. The van der Waals surface area contributed by atoms with Crippen LogP contribution in [0.25, 0.3) is 6.08 Å². The SMILES string of the molecule is N#C/C(=C\c1cc(Br)ccc1OS(=O)(=O)c1ccccc1)C(=O)Nc1ccc(Cl)cc1. The number of nitrogens with one attached hydrogen (secondary N) is 1. The number of carbonyl (C=O) groups is 1. The van der Waals surface area contributed by atoms with Crippen LogP contribution in [0.4, 0.5) is 5.69 Å². The highest BCUT2D eigenvalue weighted by Gasteiger charge is 2.19. The Bertz CT molecular complexity index is 1290. The number of hydrogen-bond donors (Lipinski definition) is 1. The molecule has 0 saturated heterocycles. The number of anilines is 1. The van der Waals surface area contributed by atoms with Crippen molar-refractivity contribution in [2.45, 2.75) is 4.90 Å². The van der Waals surface area contributed by atoms with E-state index in [1.165, 1.54) is 24.3 Å². The molecule has 3 aromatic rings. The van der Waals surface area contributed by atoms with Crippen LogP contribution in [0.3, 0.4) is 0 Å². The van der Waals surface area contributed by atoms with Gasteiger partial charge in [0.05, 0.1) is 0 Å². The fourth-order valence-electron chi connectivity index (χ4n) is 2.50. The molecule has 1 amide bonds. The number of amides is 1. The first kappa shape index (κ1) is 22.6. The lowest BCUT2D eigenvalue weighted by molar-refractivity contribution is -0.112. The highest BCUT2D eigenvalue weighted by Crippen LogP contribution is 2.28. The van der Waals surface area contributed by atoms with Gasteiger partial charge in [0.25, 0.3) is 5.91 Å². The maximum Gasteiger partial charge on any atom is 0.339 e. The third-order valence-corrected chi connectivity index (χ3v) is 5.96. The quantitative estimate of drug-likeness (QED) is 0.268. The molecule has 0 heterocycles. The van der Waals surface area contributed by atoms with Crippen LogP contribution < -0.4 is 9.50 Å². The monoisotopic (exact) mass is 516 g/mol. The summed E-state index contributed by atoms with van der Waals surface area (Å²) in [7, 11) is -4.10. The lowest BCUT2D eigenvalue weighted by atomic mass is 10.1. The highest BCUT2D eigenvalue weighted by atomic mass is 79.9. The number of benzene rings is 3. The zero-order valence-electron chi connectivity index (χ0n) is 15.7. The molecule has 0 aliphatic rings. The topological polar surface area (TPSA) is 96.3 Å². The molecule has 9 heteroatoms. The van der Waals surface area contributed by atoms with Crippen LogP contribution in [-0.2, 0) is 14.9 Å². The summed E-state index contributed by atoms with van der Waals surface area (Å²) >= 11 is 9.13. The van der Waals surface area contributed by atoms with E-state index in [0.717, 1.165) is 0 Å². The fraction of sp³-hybridized carbons (Fsp3) is 0. The Morgan fingerprint density at radius 3 is 2.39 bits per heavy atom. The summed E-state index contributed by atoms with van der Waals surface area (Å²) in [6, 6.07) is 20.4. The predicted octanol–water partition coefficient (Wildman–Crippen LogP) is 5.42. The molecule has 1 N–H and O–H groups in total. The Kier molecular flexibility index (Phi) is 7.13. The molecule has 0 bridgehead atoms. The summed E-state index contributed by atoms with van der Waals surface area (Å²) < 4.78 is 31.1. The van der Waals surface area contributed by atoms with Crippen LogP contribution in [0.15, 0.2) is 87.7 Å². The summed E-state index contributed by atoms with van der Waals surface area (Å²) in [4.78, 5) is 12.5. The van der Waals surface area contributed by atoms with Crippen LogP contribution in [0.2, 0.25) is 5.02 Å². The van der Waals surface area contributed by atoms with Crippen molar-refractivity contribution >= 4 is 55.3 Å². The molecule has 0 spiro atoms. The van der Waals surface area contributed by atoms with Gasteiger partial charge in [0.1, 0.15) is 22.3 Å². The Labute approximate surface area is 193 Å². The van der Waals surface area contributed by atoms with Crippen LogP contribution in [0.1, 0.15) is 5.56 Å². The first-order chi connectivity index (χ1) is 14.8. The predicted molar refractivity (Wildman–Crippen MR) is 122 cm³/mol. The fourth-order valence-corrected chi connectivity index (χ4v) is 3.98. The summed E-state index contributed by atoms with van der Waals surface area (Å²) in [5, 5.41) is 12.6. The Morgan fingerprint density at radius 2 is 1.74 bits per heavy atom. The van der Waals surface area contributed by atoms with Gasteiger partial charge in [0.2, 0.25) is 0 Å². The van der Waals surface area contributed by atoms with Crippen LogP contribution in [-0.4, -0.2) is 14.3 Å². The van der Waals surface area contributed by atoms with Gasteiger partial charge in [0.15, 0.2) is 0 Å². The number of carbonyl (C=O) groups excluding carboxylic acids is 1. The first-order valence-corrected chi connectivity index (χ1v) is 11.3. The summed E-state index contributed by atoms with van der Waals surface area (Å²) in [6.07, 6.45) is 1.26. The Balaban J connectivity index is 1.93. The lowest BCUT2D eigenvalue weighted by Gasteiger charge is -2.11. The average molecular weight is 518 g/mol. The van der Waals surface area contributed by atoms with Gasteiger partial charge in [-0.2, -0.15) is 13.7 Å². The smallest absolute Gasteiger partial charge is 0.339 e. The molecule has 3 aromatic carbocycles. The normalized spacial score (nSPS) is 11.5. The van der Waals surface area contributed by atoms with Crippen molar-refractivity contribution in [2.24, 2.45) is 0 Å². The first-order valence-electron chi connectivity index (χ1n) is 8.76. The minimum Gasteiger partial charge on any atom is -0.378 e. The molecule has 0 aromatic heterocycles.